The van der Waals surface area contributed by atoms with Gasteiger partial charge in [0.1, 0.15) is 7.80 Å². The van der Waals surface area contributed by atoms with Gasteiger partial charge in [0, 0.05) is 10.2 Å². The minimum atomic E-state index is -1.69. The van der Waals surface area contributed by atoms with E-state index in [1.807, 2.05) is 17.5 Å². The molecule has 0 fully saturated rings. The predicted molar refractivity (Wildman–Crippen MR) is 76.7 cm³/mol. The molecule has 0 aliphatic carbocycles. The highest BCUT2D eigenvalue weighted by Crippen LogP contribution is 2.35. The topological polar surface area (TPSA) is 34.1 Å². The molecule has 0 aliphatic rings. The second-order valence-corrected chi connectivity index (χ2v) is 8.15. The van der Waals surface area contributed by atoms with E-state index in [-0.39, 0.29) is 8.46 Å². The van der Waals surface area contributed by atoms with Gasteiger partial charge in [0.2, 0.25) is 0 Å². The lowest BCUT2D eigenvalue weighted by molar-refractivity contribution is 0.596. The van der Waals surface area contributed by atoms with Gasteiger partial charge in [0.05, 0.1) is 14.4 Å². The minimum absolute atomic E-state index is 0.0195. The van der Waals surface area contributed by atoms with Crippen molar-refractivity contribution in [3.63, 3.8) is 0 Å². The molecule has 84 valence electrons. The molecule has 0 bridgehead atoms. The maximum absolute atomic E-state index is 11.6. The molecule has 0 aromatic carbocycles. The lowest BCUT2D eigenvalue weighted by Crippen LogP contribution is -1.93. The Hall–Kier alpha value is 0.0800. The number of hydrogen-bond donors (Lipinski definition) is 1. The molecule has 2 aromatic rings. The highest BCUT2D eigenvalue weighted by Gasteiger charge is 2.14. The highest BCUT2D eigenvalue weighted by atomic mass is 32.2. The molecule has 2 heterocycles. The highest BCUT2D eigenvalue weighted by molar-refractivity contribution is 7.83. The molecule has 0 saturated carbocycles. The maximum Gasteiger partial charge on any atom is 0.194 e. The van der Waals surface area contributed by atoms with Crippen LogP contribution in [0, 0.1) is 0 Å². The van der Waals surface area contributed by atoms with E-state index in [0.29, 0.717) is 5.30 Å². The standard InChI is InChI=1S/C9H8O2P2S3/c1-13(11)6-2-3-15-8(6)7-4-5(12-10)9(14)16-7/h2-4,13-14H,1H3. The third-order valence-corrected chi connectivity index (χ3v) is 6.84. The zero-order valence-electron chi connectivity index (χ0n) is 8.26. The summed E-state index contributed by atoms with van der Waals surface area (Å²) in [5, 5.41) is 3.53. The molecule has 0 saturated heterocycles. The van der Waals surface area contributed by atoms with Crippen molar-refractivity contribution in [2.75, 3.05) is 6.66 Å². The van der Waals surface area contributed by atoms with Crippen LogP contribution in [0.2, 0.25) is 0 Å². The van der Waals surface area contributed by atoms with Crippen LogP contribution in [0.25, 0.3) is 9.75 Å². The minimum Gasteiger partial charge on any atom is -0.322 e. The quantitative estimate of drug-likeness (QED) is 0.695. The van der Waals surface area contributed by atoms with Crippen LogP contribution >= 0.6 is 51.6 Å². The lowest BCUT2D eigenvalue weighted by atomic mass is 10.4. The zero-order chi connectivity index (χ0) is 11.7. The van der Waals surface area contributed by atoms with Crippen LogP contribution in [0.3, 0.4) is 0 Å². The van der Waals surface area contributed by atoms with Crippen molar-refractivity contribution >= 4 is 62.2 Å². The van der Waals surface area contributed by atoms with Gasteiger partial charge in [-0.15, -0.1) is 35.3 Å². The first-order valence-electron chi connectivity index (χ1n) is 4.38. The molecule has 7 heteroatoms. The Morgan fingerprint density at radius 3 is 2.81 bits per heavy atom. The van der Waals surface area contributed by atoms with Gasteiger partial charge < -0.3 is 4.57 Å². The van der Waals surface area contributed by atoms with Gasteiger partial charge in [-0.3, -0.25) is 4.57 Å². The average molecular weight is 306 g/mol. The largest absolute Gasteiger partial charge is 0.322 e. The summed E-state index contributed by atoms with van der Waals surface area (Å²) in [6, 6.07) is 3.75. The molecule has 1 atom stereocenters. The van der Waals surface area contributed by atoms with E-state index in [1.165, 1.54) is 11.3 Å². The Balaban J connectivity index is 2.54. The van der Waals surface area contributed by atoms with Crippen molar-refractivity contribution in [1.82, 2.24) is 0 Å². The fourth-order valence-electron chi connectivity index (χ4n) is 1.33. The molecule has 0 N–H and O–H groups in total. The molecule has 2 nitrogen and oxygen atoms in total. The molecule has 2 aromatic heterocycles. The van der Waals surface area contributed by atoms with Gasteiger partial charge in [-0.1, -0.05) is 0 Å². The summed E-state index contributed by atoms with van der Waals surface area (Å²) in [5.41, 5.74) is 0. The molecule has 0 spiro atoms. The second kappa shape index (κ2) is 5.16. The van der Waals surface area contributed by atoms with Gasteiger partial charge in [0.25, 0.3) is 0 Å². The first-order chi connectivity index (χ1) is 7.63. The Morgan fingerprint density at radius 2 is 2.25 bits per heavy atom. The van der Waals surface area contributed by atoms with Crippen LogP contribution in [-0.4, -0.2) is 6.66 Å². The molecule has 16 heavy (non-hydrogen) atoms. The van der Waals surface area contributed by atoms with Crippen LogP contribution in [0.15, 0.2) is 21.7 Å². The smallest absolute Gasteiger partial charge is 0.194 e. The van der Waals surface area contributed by atoms with Gasteiger partial charge in [-0.05, 0) is 24.2 Å². The molecule has 2 rings (SSSR count). The Morgan fingerprint density at radius 1 is 1.50 bits per heavy atom. The van der Waals surface area contributed by atoms with Gasteiger partial charge in [0.15, 0.2) is 8.46 Å². The van der Waals surface area contributed by atoms with E-state index >= 15 is 0 Å². The van der Waals surface area contributed by atoms with Gasteiger partial charge in [-0.25, -0.2) is 0 Å². The molecule has 0 amide bonds. The molecular formula is C9H8O2P2S3. The third kappa shape index (κ3) is 2.34. The van der Waals surface area contributed by atoms with Crippen LogP contribution in [-0.2, 0) is 9.13 Å². The average Bonchev–Trinajstić information content (AvgIpc) is 2.82. The summed E-state index contributed by atoms with van der Waals surface area (Å²) < 4.78 is 23.2. The van der Waals surface area contributed by atoms with Crippen LogP contribution in [0.1, 0.15) is 0 Å². The summed E-state index contributed by atoms with van der Waals surface area (Å²) in [6.07, 6.45) is 0. The Bertz CT molecular complexity index is 559. The molecule has 0 radical (unpaired) electrons. The number of thiophene rings is 2. The number of hydrogen-bond acceptors (Lipinski definition) is 5. The normalized spacial score (nSPS) is 13.1. The molecule has 0 aliphatic heterocycles. The first kappa shape index (κ1) is 12.5. The van der Waals surface area contributed by atoms with E-state index in [4.69, 9.17) is 0 Å². The van der Waals surface area contributed by atoms with Crippen molar-refractivity contribution in [1.29, 1.82) is 0 Å². The van der Waals surface area contributed by atoms with E-state index in [0.717, 1.165) is 19.3 Å². The second-order valence-electron chi connectivity index (χ2n) is 3.11. The van der Waals surface area contributed by atoms with E-state index in [1.54, 1.807) is 18.0 Å². The number of rotatable bonds is 3. The molecular weight excluding hydrogens is 298 g/mol. The first-order valence-corrected chi connectivity index (χ1v) is 9.25. The van der Waals surface area contributed by atoms with E-state index < -0.39 is 7.80 Å². The summed E-state index contributed by atoms with van der Waals surface area (Å²) >= 11 is 7.30. The van der Waals surface area contributed by atoms with Crippen LogP contribution < -0.4 is 10.6 Å². The SMILES string of the molecule is C[PH](=O)c1ccsc1-c1cc(P=O)c(S)s1. The van der Waals surface area contributed by atoms with E-state index in [9.17, 15) is 9.13 Å². The molecule has 1 unspecified atom stereocenters. The van der Waals surface area contributed by atoms with Crippen molar-refractivity contribution in [3.8, 4) is 9.75 Å². The predicted octanol–water partition coefficient (Wildman–Crippen LogP) is 3.50. The van der Waals surface area contributed by atoms with E-state index in [2.05, 4.69) is 12.6 Å². The van der Waals surface area contributed by atoms with Gasteiger partial charge in [-0.2, -0.15) is 0 Å². The van der Waals surface area contributed by atoms with Crippen molar-refractivity contribution in [3.05, 3.63) is 17.5 Å². The lowest BCUT2D eigenvalue weighted by Gasteiger charge is -1.96. The fraction of sp³-hybridized carbons (Fsp3) is 0.111. The van der Waals surface area contributed by atoms with Crippen molar-refractivity contribution < 1.29 is 9.13 Å². The number of thiol groups is 1. The monoisotopic (exact) mass is 306 g/mol. The van der Waals surface area contributed by atoms with Crippen LogP contribution in [0.5, 0.6) is 0 Å². The third-order valence-electron chi connectivity index (χ3n) is 2.06. The Labute approximate surface area is 109 Å². The van der Waals surface area contributed by atoms with Gasteiger partial charge >= 0.3 is 0 Å². The van der Waals surface area contributed by atoms with Crippen molar-refractivity contribution in [2.45, 2.75) is 4.21 Å². The Kier molecular flexibility index (Phi) is 4.04. The van der Waals surface area contributed by atoms with Crippen molar-refractivity contribution in [2.24, 2.45) is 0 Å². The summed E-state index contributed by atoms with van der Waals surface area (Å²) in [7, 11) is -1.71. The summed E-state index contributed by atoms with van der Waals surface area (Å²) in [6.45, 7) is 1.73. The van der Waals surface area contributed by atoms with Crippen LogP contribution in [0.4, 0.5) is 0 Å². The maximum atomic E-state index is 11.6. The summed E-state index contributed by atoms with van der Waals surface area (Å²) in [5.74, 6) is 0. The zero-order valence-corrected chi connectivity index (χ0v) is 12.7. The summed E-state index contributed by atoms with van der Waals surface area (Å²) in [4.78, 5) is 2.01. The fourth-order valence-corrected chi connectivity index (χ4v) is 5.73.